The molecule has 7 nitrogen and oxygen atoms in total. The number of ketones is 1. The van der Waals surface area contributed by atoms with Crippen molar-refractivity contribution in [2.45, 2.75) is 25.7 Å². The molecule has 0 saturated heterocycles. The van der Waals surface area contributed by atoms with Gasteiger partial charge in [-0.3, -0.25) is 9.59 Å². The summed E-state index contributed by atoms with van der Waals surface area (Å²) < 4.78 is 11.7. The Kier molecular flexibility index (Phi) is 5.80. The number of carbonyl (C=O) groups is 2. The number of aromatic nitrogens is 3. The van der Waals surface area contributed by atoms with Crippen LogP contribution in [0.25, 0.3) is 5.65 Å². The van der Waals surface area contributed by atoms with Crippen molar-refractivity contribution < 1.29 is 19.1 Å². The van der Waals surface area contributed by atoms with Gasteiger partial charge in [-0.15, -0.1) is 0 Å². The zero-order valence-corrected chi connectivity index (χ0v) is 15.3. The molecule has 3 aromatic rings. The van der Waals surface area contributed by atoms with Crippen molar-refractivity contribution in [3.8, 4) is 5.75 Å². The molecule has 3 rings (SSSR count). The third-order valence-electron chi connectivity index (χ3n) is 4.38. The van der Waals surface area contributed by atoms with Crippen LogP contribution in [-0.2, 0) is 22.4 Å². The molecular weight excluding hydrogens is 346 g/mol. The lowest BCUT2D eigenvalue weighted by Gasteiger charge is -2.12. The number of Topliss-reactive ketones (excluding diaryl/α,β-unsaturated/α-hetero) is 1. The number of ether oxygens (including phenoxy) is 2. The quantitative estimate of drug-likeness (QED) is 0.450. The Morgan fingerprint density at radius 3 is 2.56 bits per heavy atom. The van der Waals surface area contributed by atoms with Crippen LogP contribution in [0.5, 0.6) is 5.75 Å². The van der Waals surface area contributed by atoms with Crippen LogP contribution in [0.3, 0.4) is 0 Å². The second kappa shape index (κ2) is 8.44. The third kappa shape index (κ3) is 4.13. The predicted octanol–water partition coefficient (Wildman–Crippen LogP) is 2.66. The van der Waals surface area contributed by atoms with Gasteiger partial charge in [0.1, 0.15) is 17.6 Å². The molecule has 0 aliphatic rings. The standard InChI is InChI=1S/C20H21N3O4/c1-26-17-12-15(9-8-14-6-4-3-5-7-14)23-20(21-13-22-23)19(17)16(24)10-11-18(25)27-2/h3-7,12-13H,8-11H2,1-2H3. The van der Waals surface area contributed by atoms with Gasteiger partial charge >= 0.3 is 5.97 Å². The number of methoxy groups -OCH3 is 2. The lowest BCUT2D eigenvalue weighted by atomic mass is 10.0. The van der Waals surface area contributed by atoms with Crippen LogP contribution in [-0.4, -0.2) is 40.6 Å². The normalized spacial score (nSPS) is 10.7. The van der Waals surface area contributed by atoms with E-state index in [1.54, 1.807) is 4.52 Å². The number of rotatable bonds is 8. The van der Waals surface area contributed by atoms with E-state index in [1.807, 2.05) is 24.3 Å². The Hall–Kier alpha value is -3.22. The molecule has 0 N–H and O–H groups in total. The van der Waals surface area contributed by atoms with Gasteiger partial charge < -0.3 is 9.47 Å². The fourth-order valence-electron chi connectivity index (χ4n) is 2.98. The summed E-state index contributed by atoms with van der Waals surface area (Å²) in [4.78, 5) is 28.3. The first-order valence-electron chi connectivity index (χ1n) is 8.67. The van der Waals surface area contributed by atoms with Crippen molar-refractivity contribution in [3.05, 3.63) is 59.5 Å². The first-order chi connectivity index (χ1) is 13.1. The van der Waals surface area contributed by atoms with Gasteiger partial charge in [-0.2, -0.15) is 5.10 Å². The Balaban J connectivity index is 1.91. The molecule has 0 aliphatic heterocycles. The Labute approximate surface area is 156 Å². The molecule has 0 aliphatic carbocycles. The molecule has 2 aromatic heterocycles. The van der Waals surface area contributed by atoms with Crippen molar-refractivity contribution in [2.75, 3.05) is 14.2 Å². The largest absolute Gasteiger partial charge is 0.496 e. The van der Waals surface area contributed by atoms with Gasteiger partial charge in [-0.1, -0.05) is 30.3 Å². The average molecular weight is 367 g/mol. The molecule has 27 heavy (non-hydrogen) atoms. The smallest absolute Gasteiger partial charge is 0.305 e. The molecule has 0 unspecified atom stereocenters. The summed E-state index contributed by atoms with van der Waals surface area (Å²) in [6.07, 6.45) is 2.99. The van der Waals surface area contributed by atoms with Crippen molar-refractivity contribution in [1.82, 2.24) is 14.6 Å². The number of fused-ring (bicyclic) bond motifs is 1. The number of hydrogen-bond donors (Lipinski definition) is 0. The van der Waals surface area contributed by atoms with E-state index in [4.69, 9.17) is 4.74 Å². The van der Waals surface area contributed by atoms with E-state index < -0.39 is 5.97 Å². The lowest BCUT2D eigenvalue weighted by Crippen LogP contribution is -2.12. The zero-order chi connectivity index (χ0) is 19.2. The highest BCUT2D eigenvalue weighted by atomic mass is 16.5. The second-order valence-electron chi connectivity index (χ2n) is 6.06. The molecule has 0 saturated carbocycles. The number of hydrogen-bond acceptors (Lipinski definition) is 6. The lowest BCUT2D eigenvalue weighted by molar-refractivity contribution is -0.140. The van der Waals surface area contributed by atoms with E-state index in [0.29, 0.717) is 17.0 Å². The SMILES string of the molecule is COC(=O)CCC(=O)c1c(OC)cc(CCc2ccccc2)n2ncnc12. The van der Waals surface area contributed by atoms with Gasteiger partial charge in [-0.25, -0.2) is 9.50 Å². The minimum absolute atomic E-state index is 0.00848. The maximum absolute atomic E-state index is 12.7. The molecule has 0 atom stereocenters. The molecule has 0 spiro atoms. The molecule has 0 radical (unpaired) electrons. The molecule has 2 heterocycles. The van der Waals surface area contributed by atoms with Crippen LogP contribution in [0.2, 0.25) is 0 Å². The Morgan fingerprint density at radius 1 is 1.07 bits per heavy atom. The maximum Gasteiger partial charge on any atom is 0.305 e. The number of benzene rings is 1. The van der Waals surface area contributed by atoms with Crippen LogP contribution in [0.15, 0.2) is 42.7 Å². The van der Waals surface area contributed by atoms with E-state index in [2.05, 4.69) is 27.0 Å². The van der Waals surface area contributed by atoms with E-state index in [0.717, 1.165) is 18.5 Å². The monoisotopic (exact) mass is 367 g/mol. The number of nitrogens with zero attached hydrogens (tertiary/aromatic N) is 3. The van der Waals surface area contributed by atoms with Gasteiger partial charge in [0.2, 0.25) is 0 Å². The third-order valence-corrected chi connectivity index (χ3v) is 4.38. The number of carbonyl (C=O) groups excluding carboxylic acids is 2. The highest BCUT2D eigenvalue weighted by Crippen LogP contribution is 2.27. The topological polar surface area (TPSA) is 82.8 Å². The summed E-state index contributed by atoms with van der Waals surface area (Å²) in [5, 5.41) is 4.27. The van der Waals surface area contributed by atoms with Crippen LogP contribution in [0, 0.1) is 0 Å². The second-order valence-corrected chi connectivity index (χ2v) is 6.06. The fraction of sp³-hybridized carbons (Fsp3) is 0.300. The summed E-state index contributed by atoms with van der Waals surface area (Å²) in [5.41, 5.74) is 2.88. The molecular formula is C20H21N3O4. The van der Waals surface area contributed by atoms with Crippen molar-refractivity contribution >= 4 is 17.4 Å². The molecule has 0 bridgehead atoms. The van der Waals surface area contributed by atoms with Crippen molar-refractivity contribution in [2.24, 2.45) is 0 Å². The van der Waals surface area contributed by atoms with E-state index >= 15 is 0 Å². The first-order valence-corrected chi connectivity index (χ1v) is 8.67. The van der Waals surface area contributed by atoms with Crippen molar-refractivity contribution in [1.29, 1.82) is 0 Å². The average Bonchev–Trinajstić information content (AvgIpc) is 3.19. The highest BCUT2D eigenvalue weighted by Gasteiger charge is 2.22. The minimum Gasteiger partial charge on any atom is -0.496 e. The first kappa shape index (κ1) is 18.6. The van der Waals surface area contributed by atoms with Crippen LogP contribution in [0.1, 0.15) is 34.5 Å². The van der Waals surface area contributed by atoms with Crippen LogP contribution < -0.4 is 4.74 Å². The summed E-state index contributed by atoms with van der Waals surface area (Å²) in [6, 6.07) is 11.9. The maximum atomic E-state index is 12.7. The van der Waals surface area contributed by atoms with Gasteiger partial charge in [0.05, 0.1) is 20.6 Å². The summed E-state index contributed by atoms with van der Waals surface area (Å²) >= 11 is 0. The predicted molar refractivity (Wildman–Crippen MR) is 99.0 cm³/mol. The molecule has 0 fully saturated rings. The number of esters is 1. The summed E-state index contributed by atoms with van der Waals surface area (Å²) in [7, 11) is 2.81. The Bertz CT molecular complexity index is 951. The number of aryl methyl sites for hydroxylation is 2. The number of pyridine rings is 1. The highest BCUT2D eigenvalue weighted by molar-refractivity contribution is 6.05. The van der Waals surface area contributed by atoms with Crippen molar-refractivity contribution in [3.63, 3.8) is 0 Å². The van der Waals surface area contributed by atoms with Gasteiger partial charge in [0, 0.05) is 18.2 Å². The summed E-state index contributed by atoms with van der Waals surface area (Å²) in [5.74, 6) is -0.224. The Morgan fingerprint density at radius 2 is 1.85 bits per heavy atom. The van der Waals surface area contributed by atoms with E-state index in [1.165, 1.54) is 26.1 Å². The van der Waals surface area contributed by atoms with Gasteiger partial charge in [0.15, 0.2) is 11.4 Å². The van der Waals surface area contributed by atoms with Crippen LogP contribution >= 0.6 is 0 Å². The van der Waals surface area contributed by atoms with Crippen LogP contribution in [0.4, 0.5) is 0 Å². The van der Waals surface area contributed by atoms with Gasteiger partial charge in [-0.05, 0) is 18.4 Å². The molecule has 0 amide bonds. The zero-order valence-electron chi connectivity index (χ0n) is 15.3. The van der Waals surface area contributed by atoms with Gasteiger partial charge in [0.25, 0.3) is 0 Å². The van der Waals surface area contributed by atoms with E-state index in [-0.39, 0.29) is 18.6 Å². The fourth-order valence-corrected chi connectivity index (χ4v) is 2.98. The molecule has 1 aromatic carbocycles. The minimum atomic E-state index is -0.431. The molecule has 7 heteroatoms. The molecule has 140 valence electrons. The van der Waals surface area contributed by atoms with E-state index in [9.17, 15) is 9.59 Å². The summed E-state index contributed by atoms with van der Waals surface area (Å²) in [6.45, 7) is 0.